The number of anilines is 3. The molecule has 2 saturated heterocycles. The van der Waals surface area contributed by atoms with Gasteiger partial charge in [-0.2, -0.15) is 4.98 Å². The van der Waals surface area contributed by atoms with Gasteiger partial charge < -0.3 is 30.9 Å². The maximum atomic E-state index is 8.48. The number of hydrogen-bond acceptors (Lipinski definition) is 9. The molecule has 0 spiro atoms. The fraction of sp³-hybridized carbons (Fsp3) is 0.414. The van der Waals surface area contributed by atoms with Gasteiger partial charge >= 0.3 is 0 Å². The number of nitrogens with one attached hydrogen (secondary N) is 4. The van der Waals surface area contributed by atoms with Crippen LogP contribution in [0.4, 0.5) is 17.5 Å². The Labute approximate surface area is 235 Å². The Morgan fingerprint density at radius 1 is 1.00 bits per heavy atom. The number of amidine groups is 2. The summed E-state index contributed by atoms with van der Waals surface area (Å²) in [7, 11) is 0. The molecule has 2 fully saturated rings. The zero-order chi connectivity index (χ0) is 27.9. The van der Waals surface area contributed by atoms with Crippen molar-refractivity contribution < 1.29 is 4.74 Å². The molecule has 2 aliphatic heterocycles. The summed E-state index contributed by atoms with van der Waals surface area (Å²) in [6, 6.07) is 16.1. The number of nitrogens with two attached hydrogens (primary N) is 1. The first-order valence-electron chi connectivity index (χ1n) is 14.0. The molecule has 2 aliphatic rings. The lowest BCUT2D eigenvalue weighted by atomic mass is 10.1. The molecule has 3 heterocycles. The Morgan fingerprint density at radius 2 is 1.75 bits per heavy atom. The van der Waals surface area contributed by atoms with Gasteiger partial charge in [0.1, 0.15) is 17.4 Å². The molecule has 0 amide bonds. The summed E-state index contributed by atoms with van der Waals surface area (Å²) < 4.78 is 5.54. The number of ether oxygens (including phenoxy) is 1. The summed E-state index contributed by atoms with van der Waals surface area (Å²) in [5.41, 5.74) is 8.87. The average molecular weight is 543 g/mol. The monoisotopic (exact) mass is 542 g/mol. The fourth-order valence-electron chi connectivity index (χ4n) is 5.15. The van der Waals surface area contributed by atoms with Crippen LogP contribution in [-0.4, -0.2) is 70.6 Å². The van der Waals surface area contributed by atoms with Crippen LogP contribution in [0.5, 0.6) is 5.75 Å². The molecular formula is C29H38N10O. The van der Waals surface area contributed by atoms with Crippen LogP contribution in [0, 0.1) is 10.8 Å². The third-order valence-electron chi connectivity index (χ3n) is 7.31. The topological polar surface area (TPSA) is 152 Å². The molecular weight excluding hydrogens is 504 g/mol. The Morgan fingerprint density at radius 3 is 2.45 bits per heavy atom. The molecule has 1 aromatic heterocycles. The minimum absolute atomic E-state index is 0.199. The highest BCUT2D eigenvalue weighted by atomic mass is 16.5. The van der Waals surface area contributed by atoms with Crippen LogP contribution in [-0.2, 0) is 6.54 Å². The fourth-order valence-corrected chi connectivity index (χ4v) is 5.15. The molecule has 11 heteroatoms. The van der Waals surface area contributed by atoms with E-state index in [2.05, 4.69) is 42.8 Å². The van der Waals surface area contributed by atoms with Crippen molar-refractivity contribution in [3.8, 4) is 5.75 Å². The quantitative estimate of drug-likeness (QED) is 0.191. The van der Waals surface area contributed by atoms with Crippen LogP contribution >= 0.6 is 0 Å². The van der Waals surface area contributed by atoms with E-state index in [0.717, 1.165) is 75.4 Å². The number of hydrogen-bond donors (Lipinski definition) is 5. The van der Waals surface area contributed by atoms with Crippen LogP contribution in [0.3, 0.4) is 0 Å². The number of likely N-dealkylation sites (tertiary alicyclic amines) is 1. The van der Waals surface area contributed by atoms with Crippen LogP contribution in [0.15, 0.2) is 48.5 Å². The Hall–Kier alpha value is -4.25. The minimum atomic E-state index is -0.199. The second-order valence-electron chi connectivity index (χ2n) is 10.2. The van der Waals surface area contributed by atoms with Gasteiger partial charge in [-0.15, -0.1) is 10.2 Å². The molecule has 0 bridgehead atoms. The lowest BCUT2D eigenvalue weighted by Crippen LogP contribution is -2.46. The van der Waals surface area contributed by atoms with Crippen molar-refractivity contribution in [3.05, 3.63) is 65.4 Å². The molecule has 0 aliphatic carbocycles. The SMILES string of the molecule is CCOc1ccc(CN[C@@H]2CCCN(c3nnc(C(=N)N)c(Nc4ccc(C(=N)N5CCCC5)cc4)n3)C2)cc1. The van der Waals surface area contributed by atoms with Crippen LogP contribution in [0.25, 0.3) is 0 Å². The number of nitrogens with zero attached hydrogens (tertiary/aromatic N) is 5. The van der Waals surface area contributed by atoms with Crippen molar-refractivity contribution in [2.24, 2.45) is 5.73 Å². The van der Waals surface area contributed by atoms with Crippen LogP contribution in [0.1, 0.15) is 49.4 Å². The van der Waals surface area contributed by atoms with E-state index in [9.17, 15) is 0 Å². The normalized spacial score (nSPS) is 17.1. The Bertz CT molecular complexity index is 1310. The van der Waals surface area contributed by atoms with Gasteiger partial charge in [-0.3, -0.25) is 10.8 Å². The predicted octanol–water partition coefficient (Wildman–Crippen LogP) is 3.48. The standard InChI is InChI=1S/C29H38N10O/c1-2-40-24-13-7-20(8-14-24)18-33-23-6-5-17-39(19-23)29-35-28(25(26(30)31)36-37-29)34-22-11-9-21(10-12-22)27(32)38-15-3-4-16-38/h7-14,23,32-33H,2-6,15-19H2,1H3,(H3,30,31)(H,34,35,37)/t23-/m1/s1. The Kier molecular flexibility index (Phi) is 8.70. The van der Waals surface area contributed by atoms with Gasteiger partial charge in [0.05, 0.1) is 6.61 Å². The highest BCUT2D eigenvalue weighted by Crippen LogP contribution is 2.23. The Balaban J connectivity index is 1.24. The summed E-state index contributed by atoms with van der Waals surface area (Å²) in [6.07, 6.45) is 4.34. The molecule has 0 unspecified atom stereocenters. The van der Waals surface area contributed by atoms with E-state index in [1.807, 2.05) is 43.3 Å². The second kappa shape index (κ2) is 12.7. The summed E-state index contributed by atoms with van der Waals surface area (Å²) in [6.45, 7) is 6.87. The lowest BCUT2D eigenvalue weighted by Gasteiger charge is -2.33. The van der Waals surface area contributed by atoms with Crippen molar-refractivity contribution in [2.75, 3.05) is 43.0 Å². The van der Waals surface area contributed by atoms with Crippen molar-refractivity contribution in [2.45, 2.75) is 45.2 Å². The first-order chi connectivity index (χ1) is 19.5. The molecule has 6 N–H and O–H groups in total. The van der Waals surface area contributed by atoms with Gasteiger partial charge in [-0.05, 0) is 74.6 Å². The van der Waals surface area contributed by atoms with Gasteiger partial charge in [0.2, 0.25) is 5.95 Å². The van der Waals surface area contributed by atoms with E-state index in [0.29, 0.717) is 24.2 Å². The van der Waals surface area contributed by atoms with Crippen LogP contribution in [0.2, 0.25) is 0 Å². The molecule has 40 heavy (non-hydrogen) atoms. The number of benzene rings is 2. The summed E-state index contributed by atoms with van der Waals surface area (Å²) in [5.74, 6) is 2.14. The van der Waals surface area contributed by atoms with E-state index in [4.69, 9.17) is 26.3 Å². The van der Waals surface area contributed by atoms with E-state index in [-0.39, 0.29) is 17.6 Å². The van der Waals surface area contributed by atoms with Crippen LogP contribution < -0.4 is 26.0 Å². The third kappa shape index (κ3) is 6.66. The highest BCUT2D eigenvalue weighted by molar-refractivity contribution is 5.98. The zero-order valence-corrected chi connectivity index (χ0v) is 23.0. The van der Waals surface area contributed by atoms with Gasteiger partial charge in [-0.25, -0.2) is 0 Å². The van der Waals surface area contributed by atoms with Crippen molar-refractivity contribution in [3.63, 3.8) is 0 Å². The number of nitrogen functional groups attached to an aromatic ring is 1. The zero-order valence-electron chi connectivity index (χ0n) is 23.0. The minimum Gasteiger partial charge on any atom is -0.494 e. The lowest BCUT2D eigenvalue weighted by molar-refractivity contribution is 0.340. The molecule has 0 radical (unpaired) electrons. The molecule has 0 saturated carbocycles. The molecule has 5 rings (SSSR count). The van der Waals surface area contributed by atoms with Gasteiger partial charge in [0.15, 0.2) is 11.5 Å². The first-order valence-corrected chi connectivity index (χ1v) is 14.0. The average Bonchev–Trinajstić information content (AvgIpc) is 3.52. The molecule has 11 nitrogen and oxygen atoms in total. The summed E-state index contributed by atoms with van der Waals surface area (Å²) in [5, 5.41) is 32.0. The molecule has 2 aromatic carbocycles. The van der Waals surface area contributed by atoms with E-state index in [1.54, 1.807) is 0 Å². The highest BCUT2D eigenvalue weighted by Gasteiger charge is 2.24. The largest absolute Gasteiger partial charge is 0.494 e. The van der Waals surface area contributed by atoms with E-state index < -0.39 is 0 Å². The smallest absolute Gasteiger partial charge is 0.247 e. The van der Waals surface area contributed by atoms with Crippen molar-refractivity contribution >= 4 is 29.1 Å². The van der Waals surface area contributed by atoms with Gasteiger partial charge in [0.25, 0.3) is 0 Å². The second-order valence-corrected chi connectivity index (χ2v) is 10.2. The molecule has 3 aromatic rings. The third-order valence-corrected chi connectivity index (χ3v) is 7.31. The number of piperidine rings is 1. The first kappa shape index (κ1) is 27.3. The number of rotatable bonds is 10. The van der Waals surface area contributed by atoms with Crippen molar-refractivity contribution in [1.82, 2.24) is 25.4 Å². The maximum Gasteiger partial charge on any atom is 0.247 e. The summed E-state index contributed by atoms with van der Waals surface area (Å²) >= 11 is 0. The number of aromatic nitrogens is 3. The summed E-state index contributed by atoms with van der Waals surface area (Å²) in [4.78, 5) is 8.98. The predicted molar refractivity (Wildman–Crippen MR) is 158 cm³/mol. The maximum absolute atomic E-state index is 8.48. The van der Waals surface area contributed by atoms with Gasteiger partial charge in [-0.1, -0.05) is 12.1 Å². The van der Waals surface area contributed by atoms with E-state index >= 15 is 0 Å². The molecule has 1 atom stereocenters. The van der Waals surface area contributed by atoms with E-state index in [1.165, 1.54) is 5.56 Å². The van der Waals surface area contributed by atoms with Crippen molar-refractivity contribution in [1.29, 1.82) is 10.8 Å². The van der Waals surface area contributed by atoms with Gasteiger partial charge in [0, 0.05) is 50.0 Å². The molecule has 210 valence electrons.